The van der Waals surface area contributed by atoms with E-state index in [0.29, 0.717) is 13.4 Å². The van der Waals surface area contributed by atoms with E-state index in [4.69, 9.17) is 5.02 Å². The van der Waals surface area contributed by atoms with E-state index < -0.39 is 11.9 Å². The Morgan fingerprint density at radius 1 is 1.06 bits per heavy atom. The van der Waals surface area contributed by atoms with Gasteiger partial charge in [-0.25, -0.2) is 9.97 Å². The van der Waals surface area contributed by atoms with E-state index in [1.54, 1.807) is 6.07 Å². The summed E-state index contributed by atoms with van der Waals surface area (Å²) in [5.41, 5.74) is 0. The van der Waals surface area contributed by atoms with Crippen LogP contribution in [-0.4, -0.2) is 22.7 Å². The maximum atomic E-state index is 12.1. The van der Waals surface area contributed by atoms with E-state index in [1.165, 1.54) is 24.5 Å². The number of aromatic nitrogens is 2. The van der Waals surface area contributed by atoms with Gasteiger partial charge in [0.1, 0.15) is 5.75 Å². The van der Waals surface area contributed by atoms with E-state index in [9.17, 15) is 8.78 Å². The first-order valence-electron chi connectivity index (χ1n) is 4.63. The smallest absolute Gasteiger partial charge is 0.536 e. The van der Waals surface area contributed by atoms with Gasteiger partial charge in [-0.15, -0.1) is 0 Å². The number of hydrogen-bond donors (Lipinski definition) is 1. The van der Waals surface area contributed by atoms with Crippen molar-refractivity contribution < 1.29 is 18.5 Å². The Morgan fingerprint density at radius 2 is 1.67 bits per heavy atom. The quantitative estimate of drug-likeness (QED) is 0.681. The van der Waals surface area contributed by atoms with Crippen LogP contribution in [0.25, 0.3) is 0 Å². The molecule has 0 aliphatic rings. The summed E-state index contributed by atoms with van der Waals surface area (Å²) >= 11 is 3.12. The second kappa shape index (κ2) is 7.73. The molecule has 1 radical (unpaired) electrons. The Balaban J connectivity index is 0.000000184. The van der Waals surface area contributed by atoms with Crippen LogP contribution >= 0.6 is 15.9 Å². The largest absolute Gasteiger partial charge is 0.569 e. The Labute approximate surface area is 111 Å². The van der Waals surface area contributed by atoms with Crippen LogP contribution in [0.2, 0.25) is 0 Å². The Bertz CT molecular complexity index is 449. The molecule has 18 heavy (non-hydrogen) atoms. The molecule has 0 aliphatic heterocycles. The van der Waals surface area contributed by atoms with Crippen LogP contribution in [0.1, 0.15) is 0 Å². The van der Waals surface area contributed by atoms with Crippen molar-refractivity contribution in [3.63, 3.8) is 0 Å². The van der Waals surface area contributed by atoms with E-state index in [1.807, 2.05) is 0 Å². The normalized spacial score (nSPS) is 9.11. The second-order valence-electron chi connectivity index (χ2n) is 2.84. The highest BCUT2D eigenvalue weighted by molar-refractivity contribution is 9.10. The number of pyridine rings is 2. The number of nitrogens with zero attached hydrogens (tertiary/aromatic N) is 2. The number of hydrogen-bond acceptors (Lipinski definition) is 4. The molecule has 0 unspecified atom stereocenters. The molecule has 2 rings (SSSR count). The van der Waals surface area contributed by atoms with E-state index in [0.717, 1.165) is 10.5 Å². The topological polar surface area (TPSA) is 55.2 Å². The minimum atomic E-state index is -0.578. The first kappa shape index (κ1) is 14.5. The monoisotopic (exact) mass is 315 g/mol. The molecule has 2 aromatic heterocycles. The van der Waals surface area contributed by atoms with Crippen LogP contribution in [-0.2, 0) is 0 Å². The lowest BCUT2D eigenvalue weighted by Crippen LogP contribution is -1.99. The van der Waals surface area contributed by atoms with Gasteiger partial charge < -0.3 is 9.68 Å². The summed E-state index contributed by atoms with van der Waals surface area (Å²) < 4.78 is 29.3. The molecule has 0 aromatic carbocycles. The minimum absolute atomic E-state index is 0.295. The summed E-state index contributed by atoms with van der Waals surface area (Å²) in [6.45, 7) is 0. The molecule has 0 bridgehead atoms. The standard InChI is InChI=1S/C5H4BFNO2.C5H3BrFN/c7-5-2-1-4(3-8-5)10-6-9;6-4-1-2-5(7)8-3-4/h1-3,9H;1-3H. The summed E-state index contributed by atoms with van der Waals surface area (Å²) in [4.78, 5) is 6.64. The molecule has 93 valence electrons. The fourth-order valence-corrected chi connectivity index (χ4v) is 1.09. The van der Waals surface area contributed by atoms with Crippen molar-refractivity contribution in [1.82, 2.24) is 9.97 Å². The first-order chi connectivity index (χ1) is 8.61. The lowest BCUT2D eigenvalue weighted by atomic mass is 10.4. The predicted molar refractivity (Wildman–Crippen MR) is 64.7 cm³/mol. The molecule has 1 N–H and O–H groups in total. The maximum Gasteiger partial charge on any atom is 0.569 e. The fourth-order valence-electron chi connectivity index (χ4n) is 0.851. The highest BCUT2D eigenvalue weighted by Gasteiger charge is 1.94. The van der Waals surface area contributed by atoms with Crippen LogP contribution in [0.5, 0.6) is 5.75 Å². The van der Waals surface area contributed by atoms with Crippen LogP contribution in [0.3, 0.4) is 0 Å². The fraction of sp³-hybridized carbons (Fsp3) is 0. The molecule has 0 fully saturated rings. The van der Waals surface area contributed by atoms with Gasteiger partial charge in [0.05, 0.1) is 6.20 Å². The highest BCUT2D eigenvalue weighted by Crippen LogP contribution is 2.06. The molecule has 0 saturated carbocycles. The van der Waals surface area contributed by atoms with Gasteiger partial charge in [-0.05, 0) is 40.2 Å². The summed E-state index contributed by atoms with van der Waals surface area (Å²) in [7, 11) is 0.509. The average molecular weight is 316 g/mol. The van der Waals surface area contributed by atoms with E-state index in [-0.39, 0.29) is 0 Å². The molecule has 4 nitrogen and oxygen atoms in total. The van der Waals surface area contributed by atoms with Gasteiger partial charge in [-0.3, -0.25) is 0 Å². The highest BCUT2D eigenvalue weighted by atomic mass is 79.9. The molecule has 0 amide bonds. The maximum absolute atomic E-state index is 12.1. The number of rotatable bonds is 2. The van der Waals surface area contributed by atoms with Crippen molar-refractivity contribution in [1.29, 1.82) is 0 Å². The zero-order valence-electron chi connectivity index (χ0n) is 8.93. The van der Waals surface area contributed by atoms with Gasteiger partial charge in [0.2, 0.25) is 11.9 Å². The zero-order valence-corrected chi connectivity index (χ0v) is 10.5. The van der Waals surface area contributed by atoms with Crippen molar-refractivity contribution in [2.24, 2.45) is 0 Å². The molecule has 2 heterocycles. The average Bonchev–Trinajstić information content (AvgIpc) is 2.37. The molecule has 8 heteroatoms. The van der Waals surface area contributed by atoms with Crippen LogP contribution in [0, 0.1) is 11.9 Å². The van der Waals surface area contributed by atoms with Gasteiger partial charge in [-0.1, -0.05) is 0 Å². The third kappa shape index (κ3) is 5.69. The summed E-state index contributed by atoms with van der Waals surface area (Å²) in [6.07, 6.45) is 2.58. The van der Waals surface area contributed by atoms with Crippen LogP contribution < -0.4 is 4.65 Å². The molecule has 0 saturated heterocycles. The van der Waals surface area contributed by atoms with Gasteiger partial charge in [-0.2, -0.15) is 8.78 Å². The lowest BCUT2D eigenvalue weighted by Gasteiger charge is -1.97. The summed E-state index contributed by atoms with van der Waals surface area (Å²) in [6, 6.07) is 5.39. The van der Waals surface area contributed by atoms with Crippen molar-refractivity contribution in [3.8, 4) is 5.75 Å². The third-order valence-electron chi connectivity index (χ3n) is 1.58. The molecule has 2 aromatic rings. The van der Waals surface area contributed by atoms with Crippen molar-refractivity contribution in [2.75, 3.05) is 0 Å². The first-order valence-corrected chi connectivity index (χ1v) is 5.42. The van der Waals surface area contributed by atoms with Crippen molar-refractivity contribution in [2.45, 2.75) is 0 Å². The molecule has 0 aliphatic carbocycles. The Morgan fingerprint density at radius 3 is 2.06 bits per heavy atom. The minimum Gasteiger partial charge on any atom is -0.536 e. The summed E-state index contributed by atoms with van der Waals surface area (Å²) in [5, 5.41) is 8.12. The van der Waals surface area contributed by atoms with Gasteiger partial charge in [0.25, 0.3) is 0 Å². The molecule has 0 atom stereocenters. The SMILES string of the molecule is Fc1ccc(Br)cn1.O[B]Oc1ccc(F)nc1. The van der Waals surface area contributed by atoms with Crippen molar-refractivity contribution in [3.05, 3.63) is 53.0 Å². The van der Waals surface area contributed by atoms with E-state index in [2.05, 4.69) is 30.6 Å². The van der Waals surface area contributed by atoms with Gasteiger partial charge in [0, 0.05) is 10.7 Å². The lowest BCUT2D eigenvalue weighted by molar-refractivity contribution is 0.450. The van der Waals surface area contributed by atoms with Crippen molar-refractivity contribution >= 4 is 23.6 Å². The van der Waals surface area contributed by atoms with Crippen LogP contribution in [0.4, 0.5) is 8.78 Å². The van der Waals surface area contributed by atoms with E-state index >= 15 is 0 Å². The third-order valence-corrected chi connectivity index (χ3v) is 2.05. The predicted octanol–water partition coefficient (Wildman–Crippen LogP) is 2.11. The van der Waals surface area contributed by atoms with Gasteiger partial charge >= 0.3 is 7.69 Å². The zero-order chi connectivity index (χ0) is 13.4. The second-order valence-corrected chi connectivity index (χ2v) is 3.75. The molecular weight excluding hydrogens is 309 g/mol. The van der Waals surface area contributed by atoms with Gasteiger partial charge in [0.15, 0.2) is 0 Å². The van der Waals surface area contributed by atoms with Crippen LogP contribution in [0.15, 0.2) is 41.1 Å². The Hall–Kier alpha value is -1.54. The molecular formula is C10H7BBrF2N2O2. The number of halogens is 3. The summed E-state index contributed by atoms with van der Waals surface area (Å²) in [5.74, 6) is -0.734. The Kier molecular flexibility index (Phi) is 6.23. The molecule has 0 spiro atoms.